The predicted octanol–water partition coefficient (Wildman–Crippen LogP) is 6.48. The SMILES string of the molecule is CC(C)CN(C[C@@H](OC(=O)Oc1ccc([N+](=O)[O-])cc1)[C@H](Cc1ccccc1)NC(=O)OC(C)(C)C)Oc1ccc([N+](=O)[O-])cc1. The van der Waals surface area contributed by atoms with Gasteiger partial charge in [0.15, 0.2) is 0 Å². The third-order valence-corrected chi connectivity index (χ3v) is 6.18. The molecule has 0 radical (unpaired) electrons. The van der Waals surface area contributed by atoms with Crippen LogP contribution in [0.4, 0.5) is 21.0 Å². The number of benzene rings is 3. The highest BCUT2D eigenvalue weighted by Crippen LogP contribution is 2.22. The van der Waals surface area contributed by atoms with Gasteiger partial charge < -0.3 is 24.4 Å². The van der Waals surface area contributed by atoms with Gasteiger partial charge in [-0.25, -0.2) is 9.59 Å². The number of nitrogens with zero attached hydrogens (tertiary/aromatic N) is 3. The lowest BCUT2D eigenvalue weighted by atomic mass is 10.0. The number of nitro benzene ring substituents is 2. The predicted molar refractivity (Wildman–Crippen MR) is 167 cm³/mol. The molecule has 0 fully saturated rings. The van der Waals surface area contributed by atoms with Crippen LogP contribution in [0.25, 0.3) is 0 Å². The summed E-state index contributed by atoms with van der Waals surface area (Å²) >= 11 is 0. The molecule has 3 aromatic carbocycles. The molecule has 3 aromatic rings. The van der Waals surface area contributed by atoms with E-state index in [1.54, 1.807) is 20.8 Å². The molecule has 2 atom stereocenters. The van der Waals surface area contributed by atoms with Crippen LogP contribution in [0, 0.1) is 26.1 Å². The molecule has 0 bridgehead atoms. The molecule has 14 heteroatoms. The minimum atomic E-state index is -1.12. The molecule has 0 aromatic heterocycles. The molecular formula is C32H38N4O10. The van der Waals surface area contributed by atoms with Crippen molar-refractivity contribution in [1.29, 1.82) is 0 Å². The van der Waals surface area contributed by atoms with Crippen molar-refractivity contribution in [2.24, 2.45) is 5.92 Å². The lowest BCUT2D eigenvalue weighted by molar-refractivity contribution is -0.385. The summed E-state index contributed by atoms with van der Waals surface area (Å²) in [7, 11) is 0. The lowest BCUT2D eigenvalue weighted by Gasteiger charge is -2.33. The maximum absolute atomic E-state index is 13.1. The van der Waals surface area contributed by atoms with E-state index in [-0.39, 0.29) is 36.0 Å². The van der Waals surface area contributed by atoms with E-state index >= 15 is 0 Å². The van der Waals surface area contributed by atoms with Crippen LogP contribution in [-0.2, 0) is 15.9 Å². The zero-order valence-corrected chi connectivity index (χ0v) is 26.3. The Hall–Kier alpha value is -5.24. The summed E-state index contributed by atoms with van der Waals surface area (Å²) in [5, 5.41) is 26.5. The number of carbonyl (C=O) groups is 2. The molecule has 246 valence electrons. The number of carbonyl (C=O) groups excluding carboxylic acids is 2. The summed E-state index contributed by atoms with van der Waals surface area (Å²) in [5.74, 6) is 0.380. The van der Waals surface area contributed by atoms with Gasteiger partial charge in [0.2, 0.25) is 0 Å². The minimum Gasteiger partial charge on any atom is -0.444 e. The van der Waals surface area contributed by atoms with Gasteiger partial charge in [-0.3, -0.25) is 20.2 Å². The molecule has 0 saturated carbocycles. The van der Waals surface area contributed by atoms with Crippen molar-refractivity contribution in [3.63, 3.8) is 0 Å². The van der Waals surface area contributed by atoms with Gasteiger partial charge in [-0.15, -0.1) is 5.06 Å². The van der Waals surface area contributed by atoms with E-state index in [4.69, 9.17) is 19.0 Å². The quantitative estimate of drug-likeness (QED) is 0.0887. The van der Waals surface area contributed by atoms with Crippen molar-refractivity contribution < 1.29 is 38.5 Å². The monoisotopic (exact) mass is 638 g/mol. The van der Waals surface area contributed by atoms with E-state index in [1.807, 2.05) is 44.2 Å². The second kappa shape index (κ2) is 16.2. The number of alkyl carbamates (subject to hydrolysis) is 1. The summed E-state index contributed by atoms with van der Waals surface area (Å²) < 4.78 is 16.7. The normalized spacial score (nSPS) is 12.6. The Kier molecular flexibility index (Phi) is 12.4. The first-order valence-electron chi connectivity index (χ1n) is 14.5. The number of rotatable bonds is 14. The third kappa shape index (κ3) is 12.0. The molecule has 1 amide bonds. The fraction of sp³-hybridized carbons (Fsp3) is 0.375. The van der Waals surface area contributed by atoms with Crippen molar-refractivity contribution in [1.82, 2.24) is 10.4 Å². The molecule has 3 rings (SSSR count). The fourth-order valence-corrected chi connectivity index (χ4v) is 4.26. The molecule has 0 saturated heterocycles. The second-order valence-corrected chi connectivity index (χ2v) is 11.8. The molecule has 0 aliphatic carbocycles. The Morgan fingerprint density at radius 2 is 1.37 bits per heavy atom. The molecule has 46 heavy (non-hydrogen) atoms. The van der Waals surface area contributed by atoms with Gasteiger partial charge in [0.1, 0.15) is 23.2 Å². The zero-order chi connectivity index (χ0) is 33.9. The molecule has 1 N–H and O–H groups in total. The first-order chi connectivity index (χ1) is 21.7. The van der Waals surface area contributed by atoms with E-state index in [0.29, 0.717) is 12.3 Å². The summed E-state index contributed by atoms with van der Waals surface area (Å²) in [4.78, 5) is 53.3. The van der Waals surface area contributed by atoms with Gasteiger partial charge >= 0.3 is 12.2 Å². The van der Waals surface area contributed by atoms with Crippen molar-refractivity contribution in [3.05, 3.63) is 105 Å². The smallest absolute Gasteiger partial charge is 0.444 e. The summed E-state index contributed by atoms with van der Waals surface area (Å²) in [5.41, 5.74) is -0.277. The van der Waals surface area contributed by atoms with Crippen LogP contribution in [-0.4, -0.2) is 58.0 Å². The summed E-state index contributed by atoms with van der Waals surface area (Å²) in [6, 6.07) is 18.8. The standard InChI is InChI=1S/C32H38N4O10/c1-22(2)20-34(46-27-17-13-25(14-18-27)36(41)42)21-29(44-31(38)43-26-15-11-24(12-16-26)35(39)40)28(19-23-9-7-6-8-10-23)33-30(37)45-32(3,4)5/h6-18,22,28-29H,19-21H2,1-5H3,(H,33,37)/t28-,29+/m0/s1. The third-order valence-electron chi connectivity index (χ3n) is 6.18. The number of amides is 1. The molecule has 0 aliphatic heterocycles. The number of ether oxygens (including phenoxy) is 3. The second-order valence-electron chi connectivity index (χ2n) is 11.8. The van der Waals surface area contributed by atoms with Crippen LogP contribution in [0.1, 0.15) is 40.2 Å². The summed E-state index contributed by atoms with van der Waals surface area (Å²) in [6.07, 6.45) is -2.72. The van der Waals surface area contributed by atoms with E-state index in [9.17, 15) is 29.8 Å². The minimum absolute atomic E-state index is 0.00947. The first-order valence-corrected chi connectivity index (χ1v) is 14.5. The fourth-order valence-electron chi connectivity index (χ4n) is 4.26. The highest BCUT2D eigenvalue weighted by molar-refractivity contribution is 5.68. The van der Waals surface area contributed by atoms with E-state index in [2.05, 4.69) is 5.32 Å². The Bertz CT molecular complexity index is 1460. The van der Waals surface area contributed by atoms with E-state index in [1.165, 1.54) is 53.6 Å². The van der Waals surface area contributed by atoms with Crippen molar-refractivity contribution in [2.75, 3.05) is 13.1 Å². The first kappa shape index (κ1) is 35.2. The number of hydrogen-bond acceptors (Lipinski definition) is 11. The summed E-state index contributed by atoms with van der Waals surface area (Å²) in [6.45, 7) is 9.33. The van der Waals surface area contributed by atoms with E-state index in [0.717, 1.165) is 5.56 Å². The van der Waals surface area contributed by atoms with Crippen LogP contribution in [0.3, 0.4) is 0 Å². The van der Waals surface area contributed by atoms with Gasteiger partial charge in [0.25, 0.3) is 11.4 Å². The highest BCUT2D eigenvalue weighted by atomic mass is 16.7. The molecular weight excluding hydrogens is 600 g/mol. The Morgan fingerprint density at radius 1 is 0.826 bits per heavy atom. The van der Waals surface area contributed by atoms with Crippen molar-refractivity contribution >= 4 is 23.6 Å². The molecule has 0 heterocycles. The van der Waals surface area contributed by atoms with Crippen LogP contribution < -0.4 is 14.9 Å². The van der Waals surface area contributed by atoms with Crippen LogP contribution in [0.2, 0.25) is 0 Å². The molecule has 14 nitrogen and oxygen atoms in total. The average Bonchev–Trinajstić information content (AvgIpc) is 2.96. The van der Waals surface area contributed by atoms with Gasteiger partial charge in [-0.1, -0.05) is 44.2 Å². The van der Waals surface area contributed by atoms with Crippen LogP contribution in [0.5, 0.6) is 11.5 Å². The number of hydroxylamine groups is 2. The largest absolute Gasteiger partial charge is 0.514 e. The van der Waals surface area contributed by atoms with Crippen molar-refractivity contribution in [2.45, 2.75) is 58.8 Å². The number of nitro groups is 2. The maximum Gasteiger partial charge on any atom is 0.514 e. The van der Waals surface area contributed by atoms with Gasteiger partial charge in [0.05, 0.1) is 22.4 Å². The Morgan fingerprint density at radius 3 is 1.87 bits per heavy atom. The van der Waals surface area contributed by atoms with Crippen molar-refractivity contribution in [3.8, 4) is 11.5 Å². The Balaban J connectivity index is 1.95. The lowest BCUT2D eigenvalue weighted by Crippen LogP contribution is -2.53. The molecule has 0 spiro atoms. The van der Waals surface area contributed by atoms with Crippen LogP contribution in [0.15, 0.2) is 78.9 Å². The number of nitrogens with one attached hydrogen (secondary N) is 1. The maximum atomic E-state index is 13.1. The molecule has 0 aliphatic rings. The number of hydrogen-bond donors (Lipinski definition) is 1. The topological polar surface area (TPSA) is 173 Å². The van der Waals surface area contributed by atoms with Gasteiger partial charge in [-0.05, 0) is 62.9 Å². The van der Waals surface area contributed by atoms with Gasteiger partial charge in [0, 0.05) is 30.8 Å². The zero-order valence-electron chi connectivity index (χ0n) is 26.3. The van der Waals surface area contributed by atoms with Crippen LogP contribution >= 0.6 is 0 Å². The van der Waals surface area contributed by atoms with E-state index < -0.39 is 39.8 Å². The molecule has 0 unspecified atom stereocenters. The number of non-ortho nitro benzene ring substituents is 2. The van der Waals surface area contributed by atoms with Gasteiger partial charge in [-0.2, -0.15) is 0 Å². The highest BCUT2D eigenvalue weighted by Gasteiger charge is 2.33. The Labute approximate surface area is 266 Å². The average molecular weight is 639 g/mol.